The number of hydrogen-bond acceptors (Lipinski definition) is 3. The maximum absolute atomic E-state index is 11.0. The van der Waals surface area contributed by atoms with E-state index < -0.39 is 11.2 Å². The maximum atomic E-state index is 11.0. The molecule has 0 amide bonds. The van der Waals surface area contributed by atoms with Crippen molar-refractivity contribution in [3.05, 3.63) is 45.0 Å². The second-order valence-electron chi connectivity index (χ2n) is 3.09. The minimum Gasteiger partial charge on any atom is -1.00 e. The van der Waals surface area contributed by atoms with Crippen molar-refractivity contribution in [2.24, 2.45) is 0 Å². The van der Waals surface area contributed by atoms with Gasteiger partial charge in [-0.2, -0.15) is 0 Å². The summed E-state index contributed by atoms with van der Waals surface area (Å²) in [5.41, 5.74) is 5.15. The molecule has 2 aromatic heterocycles. The number of nitrogen functional groups attached to an aromatic ring is 1. The van der Waals surface area contributed by atoms with Crippen molar-refractivity contribution in [1.29, 1.82) is 0 Å². The first kappa shape index (κ1) is 12.1. The van der Waals surface area contributed by atoms with Crippen LogP contribution in [0.1, 0.15) is 5.69 Å². The van der Waals surface area contributed by atoms with Crippen LogP contribution < -0.4 is 34.0 Å². The van der Waals surface area contributed by atoms with Gasteiger partial charge in [-0.1, -0.05) is 0 Å². The van der Waals surface area contributed by atoms with Crippen LogP contribution in [-0.4, -0.2) is 15.0 Å². The molecule has 0 spiro atoms. The molecule has 0 unspecified atom stereocenters. The van der Waals surface area contributed by atoms with Gasteiger partial charge in [0.2, 0.25) is 0 Å². The van der Waals surface area contributed by atoms with Crippen LogP contribution in [0, 0.1) is 0 Å². The summed E-state index contributed by atoms with van der Waals surface area (Å²) in [5.74, 6) is 0.455. The minimum absolute atomic E-state index is 0. The highest BCUT2D eigenvalue weighted by atomic mass is 35.5. The second kappa shape index (κ2) is 4.67. The fraction of sp³-hybridized carbons (Fsp3) is 0.125. The molecule has 0 aromatic carbocycles. The van der Waals surface area contributed by atoms with Gasteiger partial charge in [-0.05, 0) is 0 Å². The van der Waals surface area contributed by atoms with E-state index in [1.54, 1.807) is 17.0 Å². The predicted molar refractivity (Wildman–Crippen MR) is 52.2 cm³/mol. The Kier molecular flexibility index (Phi) is 3.51. The van der Waals surface area contributed by atoms with Gasteiger partial charge in [-0.3, -0.25) is 15.5 Å². The second-order valence-corrected chi connectivity index (χ2v) is 3.09. The third-order valence-corrected chi connectivity index (χ3v) is 1.95. The average molecular weight is 244 g/mol. The number of rotatable bonds is 2. The quantitative estimate of drug-likeness (QED) is 0.398. The van der Waals surface area contributed by atoms with Crippen molar-refractivity contribution in [2.45, 2.75) is 6.54 Å². The molecule has 8 heteroatoms. The molecule has 0 saturated heterocycles. The van der Waals surface area contributed by atoms with E-state index in [-0.39, 0.29) is 12.4 Å². The van der Waals surface area contributed by atoms with Crippen LogP contribution in [0.4, 0.5) is 5.95 Å². The Morgan fingerprint density at radius 3 is 2.62 bits per heavy atom. The van der Waals surface area contributed by atoms with E-state index in [0.29, 0.717) is 18.2 Å². The first-order valence-electron chi connectivity index (χ1n) is 4.30. The summed E-state index contributed by atoms with van der Waals surface area (Å²) in [6.45, 7) is 0.342. The molecule has 0 aliphatic rings. The predicted octanol–water partition coefficient (Wildman–Crippen LogP) is -4.69. The fourth-order valence-electron chi connectivity index (χ4n) is 1.30. The van der Waals surface area contributed by atoms with Crippen LogP contribution in [0.25, 0.3) is 0 Å². The molecule has 16 heavy (non-hydrogen) atoms. The van der Waals surface area contributed by atoms with E-state index in [2.05, 4.69) is 15.0 Å². The minimum atomic E-state index is -0.521. The van der Waals surface area contributed by atoms with E-state index in [1.807, 2.05) is 0 Å². The van der Waals surface area contributed by atoms with Crippen molar-refractivity contribution >= 4 is 5.95 Å². The van der Waals surface area contributed by atoms with Crippen molar-refractivity contribution in [3.63, 3.8) is 0 Å². The summed E-state index contributed by atoms with van der Waals surface area (Å²) in [6, 6.07) is 1.32. The Balaban J connectivity index is 0.00000128. The van der Waals surface area contributed by atoms with Gasteiger partial charge in [0.1, 0.15) is 6.54 Å². The summed E-state index contributed by atoms with van der Waals surface area (Å²) >= 11 is 0. The van der Waals surface area contributed by atoms with E-state index in [0.717, 1.165) is 0 Å². The highest BCUT2D eigenvalue weighted by Crippen LogP contribution is 1.89. The summed E-state index contributed by atoms with van der Waals surface area (Å²) in [7, 11) is 0. The molecule has 0 bridgehead atoms. The van der Waals surface area contributed by atoms with Gasteiger partial charge < -0.3 is 17.4 Å². The lowest BCUT2D eigenvalue weighted by molar-refractivity contribution is -0.673. The summed E-state index contributed by atoms with van der Waals surface area (Å²) in [5, 5.41) is 0. The molecule has 0 aliphatic heterocycles. The molecule has 0 aliphatic carbocycles. The number of aromatic amines is 3. The molecule has 7 nitrogen and oxygen atoms in total. The van der Waals surface area contributed by atoms with Crippen LogP contribution in [0.15, 0.2) is 28.0 Å². The SMILES string of the molecule is Nc1[nH]cc[n+]1Cc1cc(=O)[nH]c(=O)[nH]1.[Cl-]. The normalized spacial score (nSPS) is 9.75. The number of halogens is 1. The monoisotopic (exact) mass is 243 g/mol. The first-order valence-corrected chi connectivity index (χ1v) is 4.30. The number of nitrogens with two attached hydrogens (primary N) is 1. The maximum Gasteiger partial charge on any atom is 0.352 e. The number of nitrogens with one attached hydrogen (secondary N) is 3. The molecular formula is C8H10ClN5O2. The van der Waals surface area contributed by atoms with Crippen LogP contribution >= 0.6 is 0 Å². The zero-order valence-corrected chi connectivity index (χ0v) is 8.91. The Bertz CT molecular complexity index is 556. The average Bonchev–Trinajstić information content (AvgIpc) is 2.50. The lowest BCUT2D eigenvalue weighted by Gasteiger charge is -1.98. The molecular weight excluding hydrogens is 234 g/mol. The molecule has 0 radical (unpaired) electrons. The summed E-state index contributed by atoms with van der Waals surface area (Å²) in [6.07, 6.45) is 3.38. The zero-order chi connectivity index (χ0) is 10.8. The van der Waals surface area contributed by atoms with Crippen LogP contribution in [0.3, 0.4) is 0 Å². The largest absolute Gasteiger partial charge is 1.00 e. The van der Waals surface area contributed by atoms with Crippen molar-refractivity contribution in [3.8, 4) is 0 Å². The molecule has 0 fully saturated rings. The van der Waals surface area contributed by atoms with Gasteiger partial charge in [0.15, 0.2) is 0 Å². The lowest BCUT2D eigenvalue weighted by atomic mass is 10.4. The standard InChI is InChI=1S/C8H9N5O2.ClH/c9-7-10-1-2-13(7)4-5-3-6(14)12-8(15)11-5;/h1-3H,4H2,(H4,9,10,11,12,14,15);1H. The van der Waals surface area contributed by atoms with Crippen LogP contribution in [-0.2, 0) is 6.54 Å². The topological polar surface area (TPSA) is 111 Å². The molecule has 0 saturated carbocycles. The van der Waals surface area contributed by atoms with Gasteiger partial charge in [0.05, 0.1) is 18.1 Å². The van der Waals surface area contributed by atoms with Crippen molar-refractivity contribution < 1.29 is 17.0 Å². The molecule has 2 rings (SSSR count). The highest BCUT2D eigenvalue weighted by molar-refractivity contribution is 5.05. The number of aromatic nitrogens is 4. The fourth-order valence-corrected chi connectivity index (χ4v) is 1.30. The lowest BCUT2D eigenvalue weighted by Crippen LogP contribution is -3.00. The van der Waals surface area contributed by atoms with E-state index in [9.17, 15) is 9.59 Å². The third kappa shape index (κ3) is 2.51. The van der Waals surface area contributed by atoms with E-state index in [1.165, 1.54) is 6.07 Å². The van der Waals surface area contributed by atoms with E-state index >= 15 is 0 Å². The van der Waals surface area contributed by atoms with Gasteiger partial charge in [-0.25, -0.2) is 14.3 Å². The number of anilines is 1. The highest BCUT2D eigenvalue weighted by Gasteiger charge is 2.06. The molecule has 2 heterocycles. The number of imidazole rings is 1. The number of hydrogen-bond donors (Lipinski definition) is 4. The van der Waals surface area contributed by atoms with E-state index in [4.69, 9.17) is 5.73 Å². The first-order chi connectivity index (χ1) is 7.15. The number of nitrogens with zero attached hydrogens (tertiary/aromatic N) is 1. The van der Waals surface area contributed by atoms with Crippen molar-refractivity contribution in [1.82, 2.24) is 15.0 Å². The Morgan fingerprint density at radius 2 is 2.06 bits per heavy atom. The van der Waals surface area contributed by atoms with Gasteiger partial charge in [0, 0.05) is 6.07 Å². The smallest absolute Gasteiger partial charge is 0.352 e. The Morgan fingerprint density at radius 1 is 1.31 bits per heavy atom. The molecule has 0 atom stereocenters. The molecule has 86 valence electrons. The summed E-state index contributed by atoms with van der Waals surface area (Å²) in [4.78, 5) is 29.3. The van der Waals surface area contributed by atoms with Gasteiger partial charge in [-0.15, -0.1) is 0 Å². The number of H-pyrrole nitrogens is 3. The van der Waals surface area contributed by atoms with Gasteiger partial charge in [0.25, 0.3) is 5.56 Å². The van der Waals surface area contributed by atoms with Crippen LogP contribution in [0.2, 0.25) is 0 Å². The summed E-state index contributed by atoms with van der Waals surface area (Å²) < 4.78 is 1.67. The molecule has 2 aromatic rings. The van der Waals surface area contributed by atoms with Crippen LogP contribution in [0.5, 0.6) is 0 Å². The van der Waals surface area contributed by atoms with Gasteiger partial charge >= 0.3 is 11.6 Å². The third-order valence-electron chi connectivity index (χ3n) is 1.95. The Labute approximate surface area is 95.7 Å². The van der Waals surface area contributed by atoms with Crippen molar-refractivity contribution in [2.75, 3.05) is 5.73 Å². The Hall–Kier alpha value is -2.02. The zero-order valence-electron chi connectivity index (χ0n) is 8.16. The molecule has 5 N–H and O–H groups in total.